The molecular formula is C21H30N2O2. The minimum atomic E-state index is 0.207. The van der Waals surface area contributed by atoms with E-state index in [9.17, 15) is 4.79 Å². The summed E-state index contributed by atoms with van der Waals surface area (Å²) in [5, 5.41) is 0. The van der Waals surface area contributed by atoms with Crippen molar-refractivity contribution < 1.29 is 9.53 Å². The van der Waals surface area contributed by atoms with Crippen LogP contribution in [0.25, 0.3) is 0 Å². The molecule has 3 aliphatic heterocycles. The van der Waals surface area contributed by atoms with Crippen LogP contribution >= 0.6 is 0 Å². The van der Waals surface area contributed by atoms with Crippen LogP contribution in [0.15, 0.2) is 18.2 Å². The first kappa shape index (κ1) is 17.0. The molecule has 0 N–H and O–H groups in total. The van der Waals surface area contributed by atoms with E-state index < -0.39 is 0 Å². The summed E-state index contributed by atoms with van der Waals surface area (Å²) in [6.07, 6.45) is 6.34. The van der Waals surface area contributed by atoms with Crippen molar-refractivity contribution in [3.63, 3.8) is 0 Å². The Morgan fingerprint density at radius 1 is 1.24 bits per heavy atom. The Bertz CT molecular complexity index is 653. The highest BCUT2D eigenvalue weighted by Crippen LogP contribution is 2.39. The maximum absolute atomic E-state index is 13.1. The van der Waals surface area contributed by atoms with Gasteiger partial charge in [-0.25, -0.2) is 0 Å². The monoisotopic (exact) mass is 342 g/mol. The molecule has 2 atom stereocenters. The van der Waals surface area contributed by atoms with Gasteiger partial charge in [0.1, 0.15) is 0 Å². The van der Waals surface area contributed by atoms with Gasteiger partial charge in [-0.15, -0.1) is 0 Å². The van der Waals surface area contributed by atoms with Crippen molar-refractivity contribution in [2.75, 3.05) is 32.8 Å². The Balaban J connectivity index is 1.46. The number of aryl methyl sites for hydroxylation is 2. The lowest BCUT2D eigenvalue weighted by atomic mass is 9.77. The van der Waals surface area contributed by atoms with Gasteiger partial charge in [0.05, 0.1) is 6.10 Å². The Morgan fingerprint density at radius 3 is 2.80 bits per heavy atom. The fourth-order valence-corrected chi connectivity index (χ4v) is 4.88. The molecule has 4 heteroatoms. The standard InChI is InChI=1S/C21H30N2O2/c1-16-6-7-19(17(2)13-16)20(24)22-10-4-8-21(15-22)9-11-23(21)14-18-5-3-12-25-18/h6-7,13,18H,3-5,8-12,14-15H2,1-2H3/t18-,21+/m1/s1. The average Bonchev–Trinajstić information content (AvgIpc) is 3.12. The van der Waals surface area contributed by atoms with Gasteiger partial charge in [0.2, 0.25) is 0 Å². The zero-order valence-electron chi connectivity index (χ0n) is 15.6. The third-order valence-electron chi connectivity index (χ3n) is 6.42. The number of benzene rings is 1. The summed E-state index contributed by atoms with van der Waals surface area (Å²) in [5.74, 6) is 0.209. The van der Waals surface area contributed by atoms with Crippen LogP contribution in [0.2, 0.25) is 0 Å². The second-order valence-electron chi connectivity index (χ2n) is 8.20. The molecule has 136 valence electrons. The Hall–Kier alpha value is -1.39. The van der Waals surface area contributed by atoms with E-state index in [1.165, 1.54) is 31.2 Å². The van der Waals surface area contributed by atoms with Gasteiger partial charge in [-0.3, -0.25) is 9.69 Å². The third-order valence-corrected chi connectivity index (χ3v) is 6.42. The lowest BCUT2D eigenvalue weighted by Gasteiger charge is -2.57. The maximum Gasteiger partial charge on any atom is 0.254 e. The van der Waals surface area contributed by atoms with Crippen molar-refractivity contribution in [2.45, 2.75) is 57.6 Å². The van der Waals surface area contributed by atoms with Gasteiger partial charge < -0.3 is 9.64 Å². The molecular weight excluding hydrogens is 312 g/mol. The molecule has 1 aromatic carbocycles. The fraction of sp³-hybridized carbons (Fsp3) is 0.667. The zero-order chi connectivity index (χ0) is 17.4. The van der Waals surface area contributed by atoms with Crippen LogP contribution < -0.4 is 0 Å². The molecule has 0 aliphatic carbocycles. The number of piperidine rings is 1. The Kier molecular flexibility index (Phi) is 4.59. The van der Waals surface area contributed by atoms with Crippen molar-refractivity contribution in [3.05, 3.63) is 34.9 Å². The first-order chi connectivity index (χ1) is 12.1. The maximum atomic E-state index is 13.1. The van der Waals surface area contributed by atoms with E-state index in [1.54, 1.807) is 0 Å². The minimum absolute atomic E-state index is 0.207. The number of ether oxygens (including phenoxy) is 1. The van der Waals surface area contributed by atoms with Gasteiger partial charge in [-0.1, -0.05) is 17.7 Å². The first-order valence-corrected chi connectivity index (χ1v) is 9.81. The van der Waals surface area contributed by atoms with Crippen molar-refractivity contribution in [1.29, 1.82) is 0 Å². The highest BCUT2D eigenvalue weighted by atomic mass is 16.5. The van der Waals surface area contributed by atoms with E-state index in [-0.39, 0.29) is 11.4 Å². The van der Waals surface area contributed by atoms with Crippen LogP contribution in [0.5, 0.6) is 0 Å². The molecule has 1 spiro atoms. The molecule has 0 bridgehead atoms. The third kappa shape index (κ3) is 3.22. The number of carbonyl (C=O) groups is 1. The first-order valence-electron chi connectivity index (χ1n) is 9.81. The van der Waals surface area contributed by atoms with E-state index in [4.69, 9.17) is 4.74 Å². The summed E-state index contributed by atoms with van der Waals surface area (Å²) < 4.78 is 5.84. The van der Waals surface area contributed by atoms with Crippen molar-refractivity contribution in [2.24, 2.45) is 0 Å². The molecule has 4 nitrogen and oxygen atoms in total. The number of hydrogen-bond donors (Lipinski definition) is 0. The van der Waals surface area contributed by atoms with E-state index in [2.05, 4.69) is 22.8 Å². The molecule has 3 aliphatic rings. The van der Waals surface area contributed by atoms with E-state index in [0.29, 0.717) is 6.10 Å². The van der Waals surface area contributed by atoms with E-state index >= 15 is 0 Å². The minimum Gasteiger partial charge on any atom is -0.377 e. The topological polar surface area (TPSA) is 32.8 Å². The van der Waals surface area contributed by atoms with E-state index in [1.807, 2.05) is 19.1 Å². The predicted molar refractivity (Wildman–Crippen MR) is 98.9 cm³/mol. The van der Waals surface area contributed by atoms with Gasteiger partial charge in [-0.2, -0.15) is 0 Å². The van der Waals surface area contributed by atoms with Crippen molar-refractivity contribution in [1.82, 2.24) is 9.80 Å². The Morgan fingerprint density at radius 2 is 2.12 bits per heavy atom. The number of nitrogens with zero attached hydrogens (tertiary/aromatic N) is 2. The van der Waals surface area contributed by atoms with Gasteiger partial charge in [0.15, 0.2) is 0 Å². The van der Waals surface area contributed by atoms with Crippen molar-refractivity contribution >= 4 is 5.91 Å². The van der Waals surface area contributed by atoms with Gasteiger partial charge in [-0.05, 0) is 57.6 Å². The smallest absolute Gasteiger partial charge is 0.254 e. The number of carbonyl (C=O) groups excluding carboxylic acids is 1. The molecule has 25 heavy (non-hydrogen) atoms. The highest BCUT2D eigenvalue weighted by molar-refractivity contribution is 5.95. The normalized spacial score (nSPS) is 29.8. The highest BCUT2D eigenvalue weighted by Gasteiger charge is 2.48. The summed E-state index contributed by atoms with van der Waals surface area (Å²) in [4.78, 5) is 17.8. The van der Waals surface area contributed by atoms with Crippen LogP contribution in [0, 0.1) is 13.8 Å². The molecule has 1 amide bonds. The van der Waals surface area contributed by atoms with E-state index in [0.717, 1.165) is 50.3 Å². The van der Waals surface area contributed by atoms with Gasteiger partial charge in [0, 0.05) is 43.9 Å². The lowest BCUT2D eigenvalue weighted by molar-refractivity contribution is -0.0806. The number of likely N-dealkylation sites (tertiary alicyclic amines) is 2. The van der Waals surface area contributed by atoms with Crippen LogP contribution in [0.1, 0.15) is 53.6 Å². The lowest BCUT2D eigenvalue weighted by Crippen LogP contribution is -2.68. The second kappa shape index (κ2) is 6.73. The average molecular weight is 342 g/mol. The number of hydrogen-bond acceptors (Lipinski definition) is 3. The fourth-order valence-electron chi connectivity index (χ4n) is 4.88. The zero-order valence-corrected chi connectivity index (χ0v) is 15.6. The predicted octanol–water partition coefficient (Wildman–Crippen LogP) is 3.16. The van der Waals surface area contributed by atoms with Crippen LogP contribution in [0.4, 0.5) is 0 Å². The van der Waals surface area contributed by atoms with Crippen LogP contribution in [0.3, 0.4) is 0 Å². The summed E-state index contributed by atoms with van der Waals surface area (Å²) in [7, 11) is 0. The van der Waals surface area contributed by atoms with Gasteiger partial charge in [0.25, 0.3) is 5.91 Å². The number of rotatable bonds is 3. The second-order valence-corrected chi connectivity index (χ2v) is 8.20. The summed E-state index contributed by atoms with van der Waals surface area (Å²) in [6, 6.07) is 6.16. The van der Waals surface area contributed by atoms with Crippen LogP contribution in [-0.4, -0.2) is 60.1 Å². The molecule has 4 rings (SSSR count). The SMILES string of the molecule is Cc1ccc(C(=O)N2CCC[C@]3(CCN3C[C@H]3CCCO3)C2)c(C)c1. The summed E-state index contributed by atoms with van der Waals surface area (Å²) in [5.41, 5.74) is 3.38. The summed E-state index contributed by atoms with van der Waals surface area (Å²) >= 11 is 0. The largest absolute Gasteiger partial charge is 0.377 e. The molecule has 3 heterocycles. The quantitative estimate of drug-likeness (QED) is 0.846. The molecule has 3 fully saturated rings. The van der Waals surface area contributed by atoms with Gasteiger partial charge >= 0.3 is 0 Å². The van der Waals surface area contributed by atoms with Crippen LogP contribution in [-0.2, 0) is 4.74 Å². The molecule has 0 radical (unpaired) electrons. The molecule has 0 saturated carbocycles. The Labute approximate surface area is 151 Å². The van der Waals surface area contributed by atoms with Crippen molar-refractivity contribution in [3.8, 4) is 0 Å². The molecule has 0 aromatic heterocycles. The number of amides is 1. The summed E-state index contributed by atoms with van der Waals surface area (Å²) in [6.45, 7) is 9.02. The molecule has 3 saturated heterocycles. The molecule has 1 aromatic rings. The molecule has 0 unspecified atom stereocenters.